The van der Waals surface area contributed by atoms with Crippen LogP contribution in [0.25, 0.3) is 10.9 Å². The SMILES string of the molecule is CCN(CC)c1ccc2[nH]c(C)c(CN3CCCC[C@H]3C)c(=O)c2c1. The van der Waals surface area contributed by atoms with Crippen LogP contribution in [-0.2, 0) is 6.54 Å². The average molecular weight is 341 g/mol. The largest absolute Gasteiger partial charge is 0.372 e. The van der Waals surface area contributed by atoms with E-state index in [2.05, 4.69) is 47.7 Å². The molecule has 25 heavy (non-hydrogen) atoms. The van der Waals surface area contributed by atoms with Crippen LogP contribution in [0, 0.1) is 6.92 Å². The van der Waals surface area contributed by atoms with Crippen LogP contribution >= 0.6 is 0 Å². The second-order valence-electron chi connectivity index (χ2n) is 7.28. The van der Waals surface area contributed by atoms with Gasteiger partial charge in [-0.05, 0) is 65.3 Å². The second-order valence-corrected chi connectivity index (χ2v) is 7.28. The van der Waals surface area contributed by atoms with Crippen LogP contribution in [-0.4, -0.2) is 35.6 Å². The number of aryl methyl sites for hydroxylation is 1. The number of H-pyrrole nitrogens is 1. The van der Waals surface area contributed by atoms with Gasteiger partial charge in [0, 0.05) is 53.5 Å². The molecule has 0 spiro atoms. The van der Waals surface area contributed by atoms with Crippen molar-refractivity contribution in [2.24, 2.45) is 0 Å². The number of anilines is 1. The summed E-state index contributed by atoms with van der Waals surface area (Å²) in [6, 6.07) is 6.77. The molecule has 1 aromatic carbocycles. The summed E-state index contributed by atoms with van der Waals surface area (Å²) in [5.74, 6) is 0. The van der Waals surface area contributed by atoms with Crippen molar-refractivity contribution in [1.29, 1.82) is 0 Å². The molecule has 1 N–H and O–H groups in total. The van der Waals surface area contributed by atoms with Gasteiger partial charge in [-0.15, -0.1) is 0 Å². The lowest BCUT2D eigenvalue weighted by Crippen LogP contribution is -2.38. The number of piperidine rings is 1. The van der Waals surface area contributed by atoms with Gasteiger partial charge in [0.05, 0.1) is 0 Å². The average Bonchev–Trinajstić information content (AvgIpc) is 2.61. The van der Waals surface area contributed by atoms with Gasteiger partial charge in [0.2, 0.25) is 0 Å². The molecule has 1 atom stereocenters. The maximum atomic E-state index is 13.2. The Kier molecular flexibility index (Phi) is 5.48. The number of nitrogens with zero attached hydrogens (tertiary/aromatic N) is 2. The highest BCUT2D eigenvalue weighted by atomic mass is 16.1. The van der Waals surface area contributed by atoms with Gasteiger partial charge in [-0.3, -0.25) is 9.69 Å². The monoisotopic (exact) mass is 341 g/mol. The fourth-order valence-corrected chi connectivity index (χ4v) is 4.01. The predicted molar refractivity (Wildman–Crippen MR) is 107 cm³/mol. The minimum absolute atomic E-state index is 0.193. The lowest BCUT2D eigenvalue weighted by atomic mass is 10.0. The molecule has 2 aromatic rings. The highest BCUT2D eigenvalue weighted by Gasteiger charge is 2.21. The molecule has 0 aliphatic carbocycles. The van der Waals surface area contributed by atoms with Crippen molar-refractivity contribution in [2.75, 3.05) is 24.5 Å². The Morgan fingerprint density at radius 2 is 2.00 bits per heavy atom. The first-order chi connectivity index (χ1) is 12.0. The molecular formula is C21H31N3O. The van der Waals surface area contributed by atoms with Crippen LogP contribution in [0.15, 0.2) is 23.0 Å². The first kappa shape index (κ1) is 18.0. The van der Waals surface area contributed by atoms with Crippen LogP contribution in [0.1, 0.15) is 51.3 Å². The lowest BCUT2D eigenvalue weighted by molar-refractivity contribution is 0.152. The summed E-state index contributed by atoms with van der Waals surface area (Å²) in [6.07, 6.45) is 3.77. The number of fused-ring (bicyclic) bond motifs is 1. The second kappa shape index (κ2) is 7.61. The number of nitrogens with one attached hydrogen (secondary N) is 1. The number of rotatable bonds is 5. The Labute approximate surface area is 150 Å². The fraction of sp³-hybridized carbons (Fsp3) is 0.571. The first-order valence-electron chi connectivity index (χ1n) is 9.69. The fourth-order valence-electron chi connectivity index (χ4n) is 4.01. The van der Waals surface area contributed by atoms with E-state index in [1.165, 1.54) is 19.3 Å². The van der Waals surface area contributed by atoms with Crippen molar-refractivity contribution in [3.8, 4) is 0 Å². The Morgan fingerprint density at radius 1 is 1.24 bits per heavy atom. The van der Waals surface area contributed by atoms with Gasteiger partial charge >= 0.3 is 0 Å². The van der Waals surface area contributed by atoms with Crippen LogP contribution in [0.4, 0.5) is 5.69 Å². The van der Waals surface area contributed by atoms with E-state index in [1.807, 2.05) is 13.0 Å². The summed E-state index contributed by atoms with van der Waals surface area (Å²) in [5.41, 5.74) is 4.19. The van der Waals surface area contributed by atoms with Crippen LogP contribution in [0.5, 0.6) is 0 Å². The molecule has 1 aromatic heterocycles. The molecule has 0 amide bonds. The normalized spacial score (nSPS) is 18.6. The van der Waals surface area contributed by atoms with Gasteiger partial charge in [0.25, 0.3) is 0 Å². The minimum atomic E-state index is 0.193. The van der Waals surface area contributed by atoms with Crippen molar-refractivity contribution in [3.05, 3.63) is 39.7 Å². The molecule has 0 bridgehead atoms. The molecule has 0 unspecified atom stereocenters. The van der Waals surface area contributed by atoms with Gasteiger partial charge in [-0.1, -0.05) is 6.42 Å². The van der Waals surface area contributed by atoms with Gasteiger partial charge < -0.3 is 9.88 Å². The van der Waals surface area contributed by atoms with Crippen molar-refractivity contribution in [1.82, 2.24) is 9.88 Å². The highest BCUT2D eigenvalue weighted by Crippen LogP contribution is 2.22. The van der Waals surface area contributed by atoms with Crippen LogP contribution < -0.4 is 10.3 Å². The molecule has 1 aliphatic rings. The number of hydrogen-bond donors (Lipinski definition) is 1. The maximum absolute atomic E-state index is 13.2. The molecule has 1 fully saturated rings. The zero-order valence-corrected chi connectivity index (χ0v) is 16.1. The number of benzene rings is 1. The lowest BCUT2D eigenvalue weighted by Gasteiger charge is -2.33. The van der Waals surface area contributed by atoms with E-state index >= 15 is 0 Å². The zero-order valence-electron chi connectivity index (χ0n) is 16.1. The van der Waals surface area contributed by atoms with Crippen LogP contribution in [0.3, 0.4) is 0 Å². The third kappa shape index (κ3) is 3.59. The summed E-state index contributed by atoms with van der Waals surface area (Å²) in [4.78, 5) is 21.4. The molecule has 0 radical (unpaired) electrons. The van der Waals surface area contributed by atoms with E-state index in [9.17, 15) is 4.79 Å². The molecule has 1 saturated heterocycles. The number of hydrogen-bond acceptors (Lipinski definition) is 3. The van der Waals surface area contributed by atoms with E-state index in [-0.39, 0.29) is 5.43 Å². The topological polar surface area (TPSA) is 39.3 Å². The van der Waals surface area contributed by atoms with E-state index < -0.39 is 0 Å². The Balaban J connectivity index is 2.02. The summed E-state index contributed by atoms with van der Waals surface area (Å²) in [7, 11) is 0. The third-order valence-corrected chi connectivity index (χ3v) is 5.73. The Hall–Kier alpha value is -1.81. The van der Waals surface area contributed by atoms with E-state index in [0.717, 1.165) is 54.0 Å². The summed E-state index contributed by atoms with van der Waals surface area (Å²) < 4.78 is 0. The Morgan fingerprint density at radius 3 is 2.68 bits per heavy atom. The van der Waals surface area contributed by atoms with Gasteiger partial charge in [-0.2, -0.15) is 0 Å². The minimum Gasteiger partial charge on any atom is -0.372 e. The summed E-state index contributed by atoms with van der Waals surface area (Å²) >= 11 is 0. The number of likely N-dealkylation sites (tertiary alicyclic amines) is 1. The summed E-state index contributed by atoms with van der Waals surface area (Å²) in [5, 5.41) is 0.815. The van der Waals surface area contributed by atoms with Crippen molar-refractivity contribution in [3.63, 3.8) is 0 Å². The molecule has 1 aliphatic heterocycles. The molecule has 4 nitrogen and oxygen atoms in total. The van der Waals surface area contributed by atoms with E-state index in [1.54, 1.807) is 0 Å². The summed E-state index contributed by atoms with van der Waals surface area (Å²) in [6.45, 7) is 12.4. The van der Waals surface area contributed by atoms with Crippen molar-refractivity contribution >= 4 is 16.6 Å². The molecule has 0 saturated carbocycles. The standard InChI is InChI=1S/C21H31N3O/c1-5-23(6-2)17-10-11-20-18(13-17)21(25)19(16(4)22-20)14-24-12-8-7-9-15(24)3/h10-11,13,15H,5-9,12,14H2,1-4H3,(H,22,25)/t15-/m1/s1. The third-order valence-electron chi connectivity index (χ3n) is 5.73. The maximum Gasteiger partial charge on any atom is 0.194 e. The van der Waals surface area contributed by atoms with E-state index in [4.69, 9.17) is 0 Å². The van der Waals surface area contributed by atoms with Gasteiger partial charge in [0.15, 0.2) is 5.43 Å². The molecule has 136 valence electrons. The van der Waals surface area contributed by atoms with Crippen molar-refractivity contribution in [2.45, 2.75) is 59.5 Å². The number of aromatic amines is 1. The predicted octanol–water partition coefficient (Wildman–Crippen LogP) is 4.06. The smallest absolute Gasteiger partial charge is 0.194 e. The molecule has 2 heterocycles. The molecule has 3 rings (SSSR count). The molecular weight excluding hydrogens is 310 g/mol. The van der Waals surface area contributed by atoms with Crippen molar-refractivity contribution < 1.29 is 0 Å². The molecule has 4 heteroatoms. The Bertz CT molecular complexity index is 792. The first-order valence-corrected chi connectivity index (χ1v) is 9.69. The number of aromatic nitrogens is 1. The van der Waals surface area contributed by atoms with Gasteiger partial charge in [0.1, 0.15) is 0 Å². The highest BCUT2D eigenvalue weighted by molar-refractivity contribution is 5.83. The van der Waals surface area contributed by atoms with Gasteiger partial charge in [-0.25, -0.2) is 0 Å². The van der Waals surface area contributed by atoms with E-state index in [0.29, 0.717) is 6.04 Å². The quantitative estimate of drug-likeness (QED) is 0.891. The number of pyridine rings is 1. The zero-order chi connectivity index (χ0) is 18.0. The van der Waals surface area contributed by atoms with Crippen LogP contribution in [0.2, 0.25) is 0 Å².